The number of rotatable bonds is 4. The molecule has 0 saturated carbocycles. The third kappa shape index (κ3) is 2.73. The van der Waals surface area contributed by atoms with E-state index in [4.69, 9.17) is 14.7 Å². The topological polar surface area (TPSA) is 57.2 Å². The Morgan fingerprint density at radius 2 is 2.15 bits per heavy atom. The van der Waals surface area contributed by atoms with Crippen LogP contribution in [0.25, 0.3) is 16.2 Å². The number of fused-ring (bicyclic) bond motifs is 1. The highest BCUT2D eigenvalue weighted by molar-refractivity contribution is 7.16. The SMILES string of the molecule is Cc1nn2cc(Cn3cnc(-c4ccccc4)c3C3CCOC3)nc2s1. The standard InChI is InChI=1S/C19H19N5OS/c1-13-22-24-10-16(21-19(24)26-13)9-23-12-20-17(14-5-3-2-4-6-14)18(23)15-7-8-25-11-15/h2-6,10,12,15H,7-9,11H2,1H3. The minimum atomic E-state index is 0.372. The zero-order valence-electron chi connectivity index (χ0n) is 14.5. The minimum absolute atomic E-state index is 0.372. The Morgan fingerprint density at radius 1 is 1.27 bits per heavy atom. The summed E-state index contributed by atoms with van der Waals surface area (Å²) in [4.78, 5) is 10.4. The fraction of sp³-hybridized carbons (Fsp3) is 0.316. The second kappa shape index (κ2) is 6.34. The first-order valence-electron chi connectivity index (χ1n) is 8.78. The maximum atomic E-state index is 5.66. The number of imidazole rings is 2. The van der Waals surface area contributed by atoms with Gasteiger partial charge in [-0.3, -0.25) is 0 Å². The molecule has 0 amide bonds. The van der Waals surface area contributed by atoms with Crippen molar-refractivity contribution in [2.45, 2.75) is 25.8 Å². The molecule has 1 aliphatic rings. The van der Waals surface area contributed by atoms with Gasteiger partial charge in [-0.15, -0.1) is 0 Å². The molecule has 1 aliphatic heterocycles. The van der Waals surface area contributed by atoms with Crippen LogP contribution in [-0.2, 0) is 11.3 Å². The Balaban J connectivity index is 1.55. The van der Waals surface area contributed by atoms with Crippen molar-refractivity contribution in [3.05, 3.63) is 59.3 Å². The predicted octanol–water partition coefficient (Wildman–Crippen LogP) is 3.51. The van der Waals surface area contributed by atoms with E-state index in [0.29, 0.717) is 12.5 Å². The van der Waals surface area contributed by atoms with Crippen LogP contribution in [-0.4, -0.2) is 37.4 Å². The molecule has 1 unspecified atom stereocenters. The fourth-order valence-corrected chi connectivity index (χ4v) is 4.35. The predicted molar refractivity (Wildman–Crippen MR) is 101 cm³/mol. The van der Waals surface area contributed by atoms with Crippen molar-refractivity contribution in [3.8, 4) is 11.3 Å². The lowest BCUT2D eigenvalue weighted by atomic mass is 9.99. The molecule has 1 atom stereocenters. The molecule has 0 radical (unpaired) electrons. The molecule has 4 aromatic rings. The molecule has 0 N–H and O–H groups in total. The number of ether oxygens (including phenoxy) is 1. The Kier molecular flexibility index (Phi) is 3.83. The molecule has 26 heavy (non-hydrogen) atoms. The first-order valence-corrected chi connectivity index (χ1v) is 9.59. The normalized spacial score (nSPS) is 17.3. The average molecular weight is 365 g/mol. The van der Waals surface area contributed by atoms with Crippen molar-refractivity contribution in [2.75, 3.05) is 13.2 Å². The van der Waals surface area contributed by atoms with Gasteiger partial charge in [0, 0.05) is 18.1 Å². The van der Waals surface area contributed by atoms with Crippen LogP contribution >= 0.6 is 11.3 Å². The van der Waals surface area contributed by atoms with Crippen molar-refractivity contribution in [3.63, 3.8) is 0 Å². The highest BCUT2D eigenvalue weighted by atomic mass is 32.1. The molecule has 132 valence electrons. The molecule has 0 aliphatic carbocycles. The Bertz CT molecular complexity index is 1010. The largest absolute Gasteiger partial charge is 0.381 e. The first kappa shape index (κ1) is 15.7. The van der Waals surface area contributed by atoms with E-state index in [2.05, 4.69) is 33.9 Å². The minimum Gasteiger partial charge on any atom is -0.381 e. The highest BCUT2D eigenvalue weighted by Gasteiger charge is 2.26. The van der Waals surface area contributed by atoms with E-state index in [1.54, 1.807) is 11.3 Å². The smallest absolute Gasteiger partial charge is 0.212 e. The second-order valence-corrected chi connectivity index (χ2v) is 7.77. The fourth-order valence-electron chi connectivity index (χ4n) is 3.61. The lowest BCUT2D eigenvalue weighted by Crippen LogP contribution is -2.10. The maximum Gasteiger partial charge on any atom is 0.212 e. The van der Waals surface area contributed by atoms with Crippen LogP contribution in [0.15, 0.2) is 42.9 Å². The van der Waals surface area contributed by atoms with Gasteiger partial charge in [0.2, 0.25) is 4.96 Å². The molecule has 3 aromatic heterocycles. The van der Waals surface area contributed by atoms with E-state index in [-0.39, 0.29) is 0 Å². The molecule has 1 aromatic carbocycles. The highest BCUT2D eigenvalue weighted by Crippen LogP contribution is 2.33. The zero-order valence-corrected chi connectivity index (χ0v) is 15.3. The van der Waals surface area contributed by atoms with E-state index in [9.17, 15) is 0 Å². The van der Waals surface area contributed by atoms with Gasteiger partial charge in [0.25, 0.3) is 0 Å². The number of hydrogen-bond donors (Lipinski definition) is 0. The van der Waals surface area contributed by atoms with Gasteiger partial charge in [-0.05, 0) is 13.3 Å². The van der Waals surface area contributed by atoms with E-state index in [1.807, 2.05) is 30.0 Å². The maximum absolute atomic E-state index is 5.66. The van der Waals surface area contributed by atoms with Crippen LogP contribution in [0.2, 0.25) is 0 Å². The summed E-state index contributed by atoms with van der Waals surface area (Å²) in [5.74, 6) is 0.372. The Hall–Kier alpha value is -2.51. The average Bonchev–Trinajstić information content (AvgIpc) is 3.39. The number of hydrogen-bond acceptors (Lipinski definition) is 5. The van der Waals surface area contributed by atoms with Gasteiger partial charge in [0.05, 0.1) is 42.8 Å². The summed E-state index contributed by atoms with van der Waals surface area (Å²) in [6.45, 7) is 4.26. The van der Waals surface area contributed by atoms with E-state index in [1.165, 1.54) is 5.69 Å². The number of aryl methyl sites for hydroxylation is 1. The quantitative estimate of drug-likeness (QED) is 0.555. The van der Waals surface area contributed by atoms with Gasteiger partial charge in [-0.1, -0.05) is 41.7 Å². The van der Waals surface area contributed by atoms with Crippen molar-refractivity contribution in [2.24, 2.45) is 0 Å². The summed E-state index contributed by atoms with van der Waals surface area (Å²) in [6.07, 6.45) is 4.97. The van der Waals surface area contributed by atoms with Crippen molar-refractivity contribution >= 4 is 16.3 Å². The lowest BCUT2D eigenvalue weighted by molar-refractivity contribution is 0.193. The first-order chi connectivity index (χ1) is 12.8. The van der Waals surface area contributed by atoms with Crippen LogP contribution in [0.3, 0.4) is 0 Å². The summed E-state index contributed by atoms with van der Waals surface area (Å²) < 4.78 is 9.74. The molecule has 0 spiro atoms. The van der Waals surface area contributed by atoms with Gasteiger partial charge >= 0.3 is 0 Å². The summed E-state index contributed by atoms with van der Waals surface area (Å²) in [6, 6.07) is 10.4. The van der Waals surface area contributed by atoms with Gasteiger partial charge < -0.3 is 9.30 Å². The van der Waals surface area contributed by atoms with Gasteiger partial charge in [-0.25, -0.2) is 14.5 Å². The van der Waals surface area contributed by atoms with Crippen molar-refractivity contribution in [1.82, 2.24) is 24.1 Å². The molecule has 5 rings (SSSR count). The molecule has 1 fully saturated rings. The summed E-state index contributed by atoms with van der Waals surface area (Å²) in [5.41, 5.74) is 4.45. The third-order valence-corrected chi connectivity index (χ3v) is 5.61. The van der Waals surface area contributed by atoms with Crippen LogP contribution in [0.1, 0.15) is 28.7 Å². The monoisotopic (exact) mass is 365 g/mol. The summed E-state index contributed by atoms with van der Waals surface area (Å²) in [7, 11) is 0. The number of nitrogens with zero attached hydrogens (tertiary/aromatic N) is 5. The van der Waals surface area contributed by atoms with E-state index in [0.717, 1.165) is 46.6 Å². The van der Waals surface area contributed by atoms with Crippen molar-refractivity contribution < 1.29 is 4.74 Å². The second-order valence-electron chi connectivity index (χ2n) is 6.61. The van der Waals surface area contributed by atoms with Crippen molar-refractivity contribution in [1.29, 1.82) is 0 Å². The molecular weight excluding hydrogens is 346 g/mol. The Labute approximate surface area is 155 Å². The molecule has 0 bridgehead atoms. The number of benzene rings is 1. The number of aromatic nitrogens is 5. The summed E-state index contributed by atoms with van der Waals surface area (Å²) in [5, 5.41) is 5.48. The zero-order chi connectivity index (χ0) is 17.5. The third-order valence-electron chi connectivity index (χ3n) is 4.77. The van der Waals surface area contributed by atoms with Crippen LogP contribution in [0.5, 0.6) is 0 Å². The molecule has 4 heterocycles. The van der Waals surface area contributed by atoms with E-state index < -0.39 is 0 Å². The van der Waals surface area contributed by atoms with Crippen LogP contribution < -0.4 is 0 Å². The van der Waals surface area contributed by atoms with E-state index >= 15 is 0 Å². The molecule has 6 nitrogen and oxygen atoms in total. The molecule has 7 heteroatoms. The van der Waals surface area contributed by atoms with Crippen LogP contribution in [0, 0.1) is 6.92 Å². The lowest BCUT2D eigenvalue weighted by Gasteiger charge is -2.14. The van der Waals surface area contributed by atoms with Gasteiger partial charge in [0.15, 0.2) is 0 Å². The van der Waals surface area contributed by atoms with Crippen LogP contribution in [0.4, 0.5) is 0 Å². The molecule has 1 saturated heterocycles. The van der Waals surface area contributed by atoms with Gasteiger partial charge in [0.1, 0.15) is 5.01 Å². The molecular formula is C19H19N5OS. The summed E-state index contributed by atoms with van der Waals surface area (Å²) >= 11 is 1.61. The van der Waals surface area contributed by atoms with Gasteiger partial charge in [-0.2, -0.15) is 5.10 Å². The Morgan fingerprint density at radius 3 is 2.92 bits per heavy atom.